The summed E-state index contributed by atoms with van der Waals surface area (Å²) in [5, 5.41) is 2.50. The van der Waals surface area contributed by atoms with Crippen molar-refractivity contribution in [2.45, 2.75) is 6.42 Å². The molecule has 134 valence electrons. The summed E-state index contributed by atoms with van der Waals surface area (Å²) in [5.74, 6) is -2.31. The van der Waals surface area contributed by atoms with Crippen LogP contribution in [-0.2, 0) is 19.1 Å². The number of rotatable bonds is 5. The highest BCUT2D eigenvalue weighted by atomic mass is 19.1. The smallest absolute Gasteiger partial charge is 0.311 e. The third kappa shape index (κ3) is 4.24. The Bertz CT molecular complexity index is 808. The fourth-order valence-electron chi connectivity index (χ4n) is 2.71. The van der Waals surface area contributed by atoms with Crippen molar-refractivity contribution in [3.63, 3.8) is 0 Å². The maximum absolute atomic E-state index is 12.8. The summed E-state index contributed by atoms with van der Waals surface area (Å²) in [6, 6.07) is 14.3. The van der Waals surface area contributed by atoms with Gasteiger partial charge in [0.25, 0.3) is 5.91 Å². The van der Waals surface area contributed by atoms with Crippen molar-refractivity contribution in [3.05, 3.63) is 60.4 Å². The number of hydrogen-bond donors (Lipinski definition) is 1. The lowest BCUT2D eigenvalue weighted by Gasteiger charge is -2.16. The molecule has 6 nitrogen and oxygen atoms in total. The van der Waals surface area contributed by atoms with E-state index in [-0.39, 0.29) is 18.9 Å². The van der Waals surface area contributed by atoms with Crippen LogP contribution in [0.3, 0.4) is 0 Å². The molecule has 1 fully saturated rings. The van der Waals surface area contributed by atoms with Crippen LogP contribution in [0.15, 0.2) is 54.6 Å². The van der Waals surface area contributed by atoms with Gasteiger partial charge in [0.2, 0.25) is 5.91 Å². The quantitative estimate of drug-likeness (QED) is 0.835. The maximum Gasteiger partial charge on any atom is 0.311 e. The van der Waals surface area contributed by atoms with Gasteiger partial charge in [-0.25, -0.2) is 4.39 Å². The van der Waals surface area contributed by atoms with Crippen molar-refractivity contribution in [2.75, 3.05) is 23.4 Å². The summed E-state index contributed by atoms with van der Waals surface area (Å²) in [7, 11) is 0. The van der Waals surface area contributed by atoms with E-state index in [1.165, 1.54) is 29.2 Å². The minimum Gasteiger partial charge on any atom is -0.455 e. The third-order valence-electron chi connectivity index (χ3n) is 4.00. The number of amides is 2. The van der Waals surface area contributed by atoms with E-state index in [9.17, 15) is 18.8 Å². The Balaban J connectivity index is 1.50. The summed E-state index contributed by atoms with van der Waals surface area (Å²) < 4.78 is 17.8. The highest BCUT2D eigenvalue weighted by Gasteiger charge is 2.36. The number of nitrogens with one attached hydrogen (secondary N) is 1. The van der Waals surface area contributed by atoms with Gasteiger partial charge in [-0.3, -0.25) is 14.4 Å². The van der Waals surface area contributed by atoms with Gasteiger partial charge in [-0.15, -0.1) is 0 Å². The molecule has 0 saturated carbocycles. The van der Waals surface area contributed by atoms with Crippen molar-refractivity contribution in [2.24, 2.45) is 5.92 Å². The van der Waals surface area contributed by atoms with Crippen molar-refractivity contribution >= 4 is 29.2 Å². The number of carbonyl (C=O) groups excluding carboxylic acids is 3. The van der Waals surface area contributed by atoms with E-state index in [0.717, 1.165) is 5.69 Å². The van der Waals surface area contributed by atoms with Gasteiger partial charge in [0.05, 0.1) is 5.92 Å². The second kappa shape index (κ2) is 7.77. The number of halogens is 1. The van der Waals surface area contributed by atoms with E-state index in [1.54, 1.807) is 12.1 Å². The van der Waals surface area contributed by atoms with Crippen LogP contribution in [-0.4, -0.2) is 30.9 Å². The lowest BCUT2D eigenvalue weighted by molar-refractivity contribution is -0.151. The average Bonchev–Trinajstić information content (AvgIpc) is 3.04. The number of ether oxygens (including phenoxy) is 1. The van der Waals surface area contributed by atoms with Crippen LogP contribution < -0.4 is 10.2 Å². The second-order valence-electron chi connectivity index (χ2n) is 5.90. The van der Waals surface area contributed by atoms with Gasteiger partial charge in [-0.2, -0.15) is 0 Å². The molecule has 2 aromatic rings. The number of carbonyl (C=O) groups is 3. The Morgan fingerprint density at radius 2 is 1.81 bits per heavy atom. The van der Waals surface area contributed by atoms with Gasteiger partial charge >= 0.3 is 5.97 Å². The van der Waals surface area contributed by atoms with Gasteiger partial charge in [0, 0.05) is 24.3 Å². The lowest BCUT2D eigenvalue weighted by Crippen LogP contribution is -2.28. The van der Waals surface area contributed by atoms with E-state index < -0.39 is 30.2 Å². The summed E-state index contributed by atoms with van der Waals surface area (Å²) in [6.07, 6.45) is 0.0489. The van der Waals surface area contributed by atoms with Crippen LogP contribution in [0.1, 0.15) is 6.42 Å². The Kier molecular flexibility index (Phi) is 5.26. The van der Waals surface area contributed by atoms with Crippen LogP contribution in [0.25, 0.3) is 0 Å². The SMILES string of the molecule is O=C(COC(=O)[C@H]1CC(=O)N(c2ccccc2)C1)Nc1ccc(F)cc1. The number of para-hydroxylation sites is 1. The maximum atomic E-state index is 12.8. The van der Waals surface area contributed by atoms with Gasteiger partial charge in [-0.1, -0.05) is 18.2 Å². The highest BCUT2D eigenvalue weighted by Crippen LogP contribution is 2.25. The summed E-state index contributed by atoms with van der Waals surface area (Å²) in [6.45, 7) is -0.243. The monoisotopic (exact) mass is 356 g/mol. The van der Waals surface area contributed by atoms with Crippen LogP contribution in [0.4, 0.5) is 15.8 Å². The number of anilines is 2. The van der Waals surface area contributed by atoms with E-state index in [1.807, 2.05) is 18.2 Å². The fraction of sp³-hybridized carbons (Fsp3) is 0.211. The van der Waals surface area contributed by atoms with Crippen molar-refractivity contribution in [1.82, 2.24) is 0 Å². The first kappa shape index (κ1) is 17.6. The first-order valence-corrected chi connectivity index (χ1v) is 8.10. The zero-order valence-electron chi connectivity index (χ0n) is 13.9. The van der Waals surface area contributed by atoms with Crippen LogP contribution >= 0.6 is 0 Å². The average molecular weight is 356 g/mol. The Hall–Kier alpha value is -3.22. The predicted molar refractivity (Wildman–Crippen MR) is 92.9 cm³/mol. The van der Waals surface area contributed by atoms with Gasteiger partial charge < -0.3 is 15.0 Å². The highest BCUT2D eigenvalue weighted by molar-refractivity contribution is 6.00. The Morgan fingerprint density at radius 1 is 1.12 bits per heavy atom. The van der Waals surface area contributed by atoms with E-state index in [2.05, 4.69) is 5.32 Å². The van der Waals surface area contributed by atoms with E-state index >= 15 is 0 Å². The second-order valence-corrected chi connectivity index (χ2v) is 5.90. The molecule has 2 aromatic carbocycles. The summed E-state index contributed by atoms with van der Waals surface area (Å²) in [5.41, 5.74) is 1.13. The molecule has 0 aromatic heterocycles. The minimum absolute atomic E-state index is 0.0489. The molecule has 0 spiro atoms. The van der Waals surface area contributed by atoms with Crippen molar-refractivity contribution in [1.29, 1.82) is 0 Å². The van der Waals surface area contributed by atoms with Crippen molar-refractivity contribution in [3.8, 4) is 0 Å². The molecular formula is C19H17FN2O4. The first-order valence-electron chi connectivity index (χ1n) is 8.10. The zero-order chi connectivity index (χ0) is 18.5. The molecule has 1 N–H and O–H groups in total. The minimum atomic E-state index is -0.610. The first-order chi connectivity index (χ1) is 12.5. The summed E-state index contributed by atoms with van der Waals surface area (Å²) in [4.78, 5) is 37.6. The molecule has 0 aliphatic carbocycles. The lowest BCUT2D eigenvalue weighted by atomic mass is 10.1. The van der Waals surface area contributed by atoms with E-state index in [4.69, 9.17) is 4.74 Å². The molecule has 1 saturated heterocycles. The standard InChI is InChI=1S/C19H17FN2O4/c20-14-6-8-15(9-7-14)21-17(23)12-26-19(25)13-10-18(24)22(11-13)16-4-2-1-3-5-16/h1-9,13H,10-12H2,(H,21,23)/t13-/m0/s1. The van der Waals surface area contributed by atoms with Gasteiger partial charge in [0.15, 0.2) is 6.61 Å². The normalized spacial score (nSPS) is 16.4. The zero-order valence-corrected chi connectivity index (χ0v) is 13.9. The van der Waals surface area contributed by atoms with Crippen LogP contribution in [0.2, 0.25) is 0 Å². The van der Waals surface area contributed by atoms with Gasteiger partial charge in [-0.05, 0) is 36.4 Å². The Morgan fingerprint density at radius 3 is 2.50 bits per heavy atom. The molecule has 26 heavy (non-hydrogen) atoms. The fourth-order valence-corrected chi connectivity index (χ4v) is 2.71. The summed E-state index contributed by atoms with van der Waals surface area (Å²) >= 11 is 0. The molecule has 1 aliphatic heterocycles. The Labute approximate surface area is 149 Å². The molecule has 0 bridgehead atoms. The number of esters is 1. The molecule has 1 heterocycles. The van der Waals surface area contributed by atoms with E-state index in [0.29, 0.717) is 5.69 Å². The molecular weight excluding hydrogens is 339 g/mol. The van der Waals surface area contributed by atoms with Crippen LogP contribution in [0, 0.1) is 11.7 Å². The molecule has 2 amide bonds. The topological polar surface area (TPSA) is 75.7 Å². The van der Waals surface area contributed by atoms with Crippen molar-refractivity contribution < 1.29 is 23.5 Å². The molecule has 3 rings (SSSR count). The molecule has 7 heteroatoms. The number of nitrogens with zero attached hydrogens (tertiary/aromatic N) is 1. The molecule has 1 aliphatic rings. The third-order valence-corrected chi connectivity index (χ3v) is 4.00. The molecule has 0 unspecified atom stereocenters. The number of hydrogen-bond acceptors (Lipinski definition) is 4. The molecule has 1 atom stereocenters. The molecule has 0 radical (unpaired) electrons. The van der Waals surface area contributed by atoms with Gasteiger partial charge in [0.1, 0.15) is 5.82 Å². The largest absolute Gasteiger partial charge is 0.455 e. The predicted octanol–water partition coefficient (Wildman–Crippen LogP) is 2.36. The van der Waals surface area contributed by atoms with Crippen LogP contribution in [0.5, 0.6) is 0 Å². The number of benzene rings is 2.